The smallest absolute Gasteiger partial charge is 0.457 e. The molecule has 0 bridgehead atoms. The first-order chi connectivity index (χ1) is 15.0. The summed E-state index contributed by atoms with van der Waals surface area (Å²) in [6.45, 7) is 3.36. The van der Waals surface area contributed by atoms with Crippen molar-refractivity contribution in [3.05, 3.63) is 90.0 Å². The highest BCUT2D eigenvalue weighted by Gasteiger charge is 2.31. The maximum atomic E-state index is 12.5. The summed E-state index contributed by atoms with van der Waals surface area (Å²) < 4.78 is 47.6. The van der Waals surface area contributed by atoms with Crippen LogP contribution in [0.2, 0.25) is 0 Å². The van der Waals surface area contributed by atoms with Gasteiger partial charge >= 0.3 is 6.36 Å². The Hall–Kier alpha value is -3.03. The molecule has 1 atom stereocenters. The lowest BCUT2D eigenvalue weighted by molar-refractivity contribution is -0.274. The van der Waals surface area contributed by atoms with E-state index in [4.69, 9.17) is 4.74 Å². The highest BCUT2D eigenvalue weighted by Crippen LogP contribution is 2.34. The highest BCUT2D eigenvalue weighted by atomic mass is 19.4. The third-order valence-electron chi connectivity index (χ3n) is 5.10. The number of nitrogens with one attached hydrogen (secondary N) is 1. The molecule has 4 nitrogen and oxygen atoms in total. The van der Waals surface area contributed by atoms with Crippen LogP contribution in [0.4, 0.5) is 13.2 Å². The van der Waals surface area contributed by atoms with Gasteiger partial charge in [0.15, 0.2) is 0 Å². The molecule has 0 radical (unpaired) electrons. The van der Waals surface area contributed by atoms with Crippen molar-refractivity contribution in [3.63, 3.8) is 0 Å². The van der Waals surface area contributed by atoms with Gasteiger partial charge in [-0.1, -0.05) is 42.5 Å². The van der Waals surface area contributed by atoms with E-state index >= 15 is 0 Å². The normalized spacial score (nSPS) is 16.0. The van der Waals surface area contributed by atoms with Gasteiger partial charge in [-0.05, 0) is 47.5 Å². The van der Waals surface area contributed by atoms with Crippen LogP contribution in [0.5, 0.6) is 17.2 Å². The Labute approximate surface area is 179 Å². The van der Waals surface area contributed by atoms with E-state index in [-0.39, 0.29) is 11.8 Å². The van der Waals surface area contributed by atoms with Gasteiger partial charge in [0.25, 0.3) is 0 Å². The number of halogens is 3. The van der Waals surface area contributed by atoms with Crippen LogP contribution < -0.4 is 14.8 Å². The summed E-state index contributed by atoms with van der Waals surface area (Å²) >= 11 is 0. The Balaban J connectivity index is 1.63. The van der Waals surface area contributed by atoms with Crippen LogP contribution in [0.3, 0.4) is 0 Å². The van der Waals surface area contributed by atoms with Crippen LogP contribution in [-0.2, 0) is 0 Å². The molecule has 0 aliphatic carbocycles. The maximum Gasteiger partial charge on any atom is 0.573 e. The lowest BCUT2D eigenvalue weighted by Crippen LogP contribution is -2.45. The van der Waals surface area contributed by atoms with Gasteiger partial charge in [0.2, 0.25) is 0 Å². The molecule has 0 amide bonds. The van der Waals surface area contributed by atoms with E-state index in [1.54, 1.807) is 12.1 Å². The number of benzene rings is 3. The van der Waals surface area contributed by atoms with E-state index in [2.05, 4.69) is 15.0 Å². The van der Waals surface area contributed by atoms with E-state index in [0.29, 0.717) is 5.75 Å². The van der Waals surface area contributed by atoms with Crippen molar-refractivity contribution in [2.45, 2.75) is 12.4 Å². The van der Waals surface area contributed by atoms with Gasteiger partial charge in [0, 0.05) is 26.2 Å². The first-order valence-electron chi connectivity index (χ1n) is 10.1. The first-order valence-corrected chi connectivity index (χ1v) is 10.1. The Kier molecular flexibility index (Phi) is 6.44. The average molecular weight is 428 g/mol. The van der Waals surface area contributed by atoms with Gasteiger partial charge in [-0.3, -0.25) is 4.90 Å². The molecule has 1 N–H and O–H groups in total. The molecule has 1 saturated heterocycles. The van der Waals surface area contributed by atoms with Crippen molar-refractivity contribution in [2.24, 2.45) is 0 Å². The molecule has 0 unspecified atom stereocenters. The summed E-state index contributed by atoms with van der Waals surface area (Å²) in [6, 6.07) is 23.4. The molecule has 1 aliphatic heterocycles. The minimum Gasteiger partial charge on any atom is -0.457 e. The van der Waals surface area contributed by atoms with Gasteiger partial charge < -0.3 is 14.8 Å². The lowest BCUT2D eigenvalue weighted by atomic mass is 9.96. The topological polar surface area (TPSA) is 33.7 Å². The zero-order valence-corrected chi connectivity index (χ0v) is 16.8. The molecule has 0 spiro atoms. The second-order valence-electron chi connectivity index (χ2n) is 7.29. The minimum atomic E-state index is -4.71. The fourth-order valence-electron chi connectivity index (χ4n) is 3.78. The third-order valence-corrected chi connectivity index (χ3v) is 5.10. The first kappa shape index (κ1) is 21.2. The number of hydrogen-bond donors (Lipinski definition) is 1. The summed E-state index contributed by atoms with van der Waals surface area (Å²) in [7, 11) is 0. The fraction of sp³-hybridized carbons (Fsp3) is 0.250. The molecule has 1 heterocycles. The Bertz CT molecular complexity index is 972. The van der Waals surface area contributed by atoms with Gasteiger partial charge in [-0.2, -0.15) is 0 Å². The monoisotopic (exact) mass is 428 g/mol. The quantitative estimate of drug-likeness (QED) is 0.572. The Morgan fingerprint density at radius 1 is 0.742 bits per heavy atom. The maximum absolute atomic E-state index is 12.5. The van der Waals surface area contributed by atoms with Gasteiger partial charge in [-0.15, -0.1) is 13.2 Å². The summed E-state index contributed by atoms with van der Waals surface area (Å²) in [5.41, 5.74) is 1.91. The molecule has 4 rings (SSSR count). The summed E-state index contributed by atoms with van der Waals surface area (Å²) in [4.78, 5) is 2.32. The lowest BCUT2D eigenvalue weighted by Gasteiger charge is -2.35. The predicted octanol–water partition coefficient (Wildman–Crippen LogP) is 5.37. The summed E-state index contributed by atoms with van der Waals surface area (Å²) in [6.07, 6.45) is -4.71. The molecular formula is C24H23F3N2O2. The van der Waals surface area contributed by atoms with Crippen LogP contribution in [0.1, 0.15) is 17.2 Å². The van der Waals surface area contributed by atoms with Crippen LogP contribution >= 0.6 is 0 Å². The van der Waals surface area contributed by atoms with E-state index in [1.165, 1.54) is 12.1 Å². The highest BCUT2D eigenvalue weighted by molar-refractivity contribution is 5.40. The Morgan fingerprint density at radius 2 is 1.42 bits per heavy atom. The van der Waals surface area contributed by atoms with Crippen molar-refractivity contribution < 1.29 is 22.6 Å². The van der Waals surface area contributed by atoms with Crippen molar-refractivity contribution in [1.82, 2.24) is 10.2 Å². The predicted molar refractivity (Wildman–Crippen MR) is 112 cm³/mol. The zero-order chi connectivity index (χ0) is 21.7. The standard InChI is InChI=1S/C24H23F3N2O2/c25-24(26,27)31-21-11-9-18(10-12-21)23(29-15-13-28-14-16-29)19-5-4-8-22(17-19)30-20-6-2-1-3-7-20/h1-12,17,23,28H,13-16H2/t23-/m0/s1. The molecular weight excluding hydrogens is 405 g/mol. The molecule has 1 fully saturated rings. The van der Waals surface area contributed by atoms with Crippen LogP contribution in [-0.4, -0.2) is 37.4 Å². The number of alkyl halides is 3. The number of para-hydroxylation sites is 1. The van der Waals surface area contributed by atoms with Crippen molar-refractivity contribution >= 4 is 0 Å². The molecule has 1 aliphatic rings. The Morgan fingerprint density at radius 3 is 2.10 bits per heavy atom. The number of nitrogens with zero attached hydrogens (tertiary/aromatic N) is 1. The molecule has 162 valence electrons. The largest absolute Gasteiger partial charge is 0.573 e. The molecule has 0 saturated carbocycles. The molecule has 0 aromatic heterocycles. The van der Waals surface area contributed by atoms with E-state index in [0.717, 1.165) is 43.1 Å². The third kappa shape index (κ3) is 5.77. The zero-order valence-electron chi connectivity index (χ0n) is 16.8. The van der Waals surface area contributed by atoms with Crippen molar-refractivity contribution in [3.8, 4) is 17.2 Å². The van der Waals surface area contributed by atoms with Gasteiger partial charge in [-0.25, -0.2) is 0 Å². The van der Waals surface area contributed by atoms with E-state index < -0.39 is 6.36 Å². The van der Waals surface area contributed by atoms with Gasteiger partial charge in [0.05, 0.1) is 6.04 Å². The van der Waals surface area contributed by atoms with Crippen LogP contribution in [0.25, 0.3) is 0 Å². The molecule has 31 heavy (non-hydrogen) atoms. The summed E-state index contributed by atoms with van der Waals surface area (Å²) in [5.74, 6) is 1.23. The van der Waals surface area contributed by atoms with Crippen molar-refractivity contribution in [1.29, 1.82) is 0 Å². The van der Waals surface area contributed by atoms with E-state index in [1.807, 2.05) is 54.6 Å². The van der Waals surface area contributed by atoms with E-state index in [9.17, 15) is 13.2 Å². The van der Waals surface area contributed by atoms with Crippen LogP contribution in [0.15, 0.2) is 78.9 Å². The SMILES string of the molecule is FC(F)(F)Oc1ccc([C@@H](c2cccc(Oc3ccccc3)c2)N2CCNCC2)cc1. The summed E-state index contributed by atoms with van der Waals surface area (Å²) in [5, 5.41) is 3.34. The molecule has 3 aromatic carbocycles. The molecule has 3 aromatic rings. The van der Waals surface area contributed by atoms with Gasteiger partial charge in [0.1, 0.15) is 17.2 Å². The molecule has 7 heteroatoms. The number of rotatable bonds is 6. The number of piperazine rings is 1. The van der Waals surface area contributed by atoms with Crippen molar-refractivity contribution in [2.75, 3.05) is 26.2 Å². The minimum absolute atomic E-state index is 0.110. The number of hydrogen-bond acceptors (Lipinski definition) is 4. The number of ether oxygens (including phenoxy) is 2. The fourth-order valence-corrected chi connectivity index (χ4v) is 3.78. The second-order valence-corrected chi connectivity index (χ2v) is 7.29. The second kappa shape index (κ2) is 9.41. The average Bonchev–Trinajstić information content (AvgIpc) is 2.76. The van der Waals surface area contributed by atoms with Crippen LogP contribution in [0, 0.1) is 0 Å².